The van der Waals surface area contributed by atoms with E-state index < -0.39 is 0 Å². The second kappa shape index (κ2) is 2.42. The van der Waals surface area contributed by atoms with E-state index in [9.17, 15) is 0 Å². The molecule has 0 saturated carbocycles. The van der Waals surface area contributed by atoms with Crippen molar-refractivity contribution in [2.24, 2.45) is 5.73 Å². The molecule has 1 atom stereocenters. The molecule has 0 bridgehead atoms. The molecule has 0 saturated heterocycles. The monoisotopic (exact) mass is 86.0 g/mol. The van der Waals surface area contributed by atoms with Crippen molar-refractivity contribution in [3.8, 4) is 0 Å². The zero-order chi connectivity index (χ0) is 4.28. The van der Waals surface area contributed by atoms with Crippen LogP contribution in [0.25, 0.3) is 0 Å². The van der Waals surface area contributed by atoms with Gasteiger partial charge in [0, 0.05) is 10.2 Å². The highest BCUT2D eigenvalue weighted by Gasteiger charge is 1.80. The third kappa shape index (κ3) is 4.18. The Bertz CT molecular complexity index is 20.9. The molecule has 0 aliphatic carbocycles. The fourth-order valence-corrected chi connectivity index (χ4v) is 0. The topological polar surface area (TPSA) is 26.0 Å². The normalized spacial score (nSPS) is 15.0. The number of nitrogens with two attached hydrogens (primary N) is 1. The lowest BCUT2D eigenvalue weighted by Crippen LogP contribution is -2.17. The summed E-state index contributed by atoms with van der Waals surface area (Å²) in [6.45, 7) is 2.03. The second-order valence-corrected chi connectivity index (χ2v) is 1.76. The van der Waals surface area contributed by atoms with Crippen molar-refractivity contribution in [1.82, 2.24) is 0 Å². The van der Waals surface area contributed by atoms with E-state index in [0.717, 1.165) is 6.42 Å². The molecule has 1 nitrogen and oxygen atoms in total. The fourth-order valence-electron chi connectivity index (χ4n) is 0. The summed E-state index contributed by atoms with van der Waals surface area (Å²) in [6.07, 6.45) is 0.997. The van der Waals surface area contributed by atoms with Gasteiger partial charge >= 0.3 is 0 Å². The van der Waals surface area contributed by atoms with Gasteiger partial charge in [0.25, 0.3) is 0 Å². The molecule has 2 heteroatoms. The van der Waals surface area contributed by atoms with Crippen LogP contribution >= 0.6 is 0 Å². The van der Waals surface area contributed by atoms with E-state index in [1.54, 1.807) is 0 Å². The first-order chi connectivity index (χ1) is 2.27. The fraction of sp³-hybridized carbons (Fsp3) is 1.00. The van der Waals surface area contributed by atoms with E-state index in [4.69, 9.17) is 5.73 Å². The minimum Gasteiger partial charge on any atom is -0.331 e. The second-order valence-electron chi connectivity index (χ2n) is 1.01. The Morgan fingerprint density at radius 1 is 2.00 bits per heavy atom. The van der Waals surface area contributed by atoms with Crippen LogP contribution in [0.5, 0.6) is 0 Å². The molecule has 0 spiro atoms. The van der Waals surface area contributed by atoms with Crippen LogP contribution in [0.1, 0.15) is 13.3 Å². The van der Waals surface area contributed by atoms with Crippen molar-refractivity contribution in [1.29, 1.82) is 0 Å². The lowest BCUT2D eigenvalue weighted by molar-refractivity contribution is 0.856. The number of rotatable bonds is 1. The predicted octanol–water partition coefficient (Wildman–Crippen LogP) is -0.150. The predicted molar refractivity (Wildman–Crippen MR) is 24.0 cm³/mol. The van der Waals surface area contributed by atoms with Crippen molar-refractivity contribution in [2.75, 3.05) is 0 Å². The molecule has 1 unspecified atom stereocenters. The molecule has 0 amide bonds. The maximum atomic E-state index is 5.21. The Hall–Kier alpha value is 0.177. The van der Waals surface area contributed by atoms with Gasteiger partial charge in [-0.25, -0.2) is 0 Å². The van der Waals surface area contributed by atoms with Crippen LogP contribution in [-0.4, -0.2) is 15.9 Å². The zero-order valence-corrected chi connectivity index (χ0v) is 4.36. The highest BCUT2D eigenvalue weighted by molar-refractivity contribution is 6.11. The van der Waals surface area contributed by atoms with E-state index in [2.05, 4.69) is 10.2 Å². The Balaban J connectivity index is 2.54. The Labute approximate surface area is 36.0 Å². The van der Waals surface area contributed by atoms with Gasteiger partial charge in [-0.05, 0) is 12.1 Å². The highest BCUT2D eigenvalue weighted by Crippen LogP contribution is 1.71. The Morgan fingerprint density at radius 2 is 2.20 bits per heavy atom. The standard InChI is InChI=1S/C3H8NSi/c1-2-3(4)5/h3H,2,4H2,1H3. The van der Waals surface area contributed by atoms with Crippen molar-refractivity contribution in [3.05, 3.63) is 0 Å². The molecule has 29 valence electrons. The molecule has 0 rings (SSSR count). The average molecular weight is 86.2 g/mol. The summed E-state index contributed by atoms with van der Waals surface area (Å²) < 4.78 is 0. The molecule has 2 N–H and O–H groups in total. The first-order valence-electron chi connectivity index (χ1n) is 1.74. The van der Waals surface area contributed by atoms with E-state index in [-0.39, 0.29) is 5.67 Å². The Kier molecular flexibility index (Phi) is 2.50. The van der Waals surface area contributed by atoms with Crippen LogP contribution in [-0.2, 0) is 0 Å². The van der Waals surface area contributed by atoms with Gasteiger partial charge in [0.1, 0.15) is 0 Å². The molecule has 5 heavy (non-hydrogen) atoms. The summed E-state index contributed by atoms with van der Waals surface area (Å²) in [5, 5.41) is 0. The minimum atomic E-state index is 0.190. The van der Waals surface area contributed by atoms with Gasteiger partial charge in [0.05, 0.1) is 0 Å². The molecule has 0 fully saturated rings. The third-order valence-electron chi connectivity index (χ3n) is 0.440. The maximum Gasteiger partial charge on any atom is 0.0473 e. The summed E-state index contributed by atoms with van der Waals surface area (Å²) in [7, 11) is 3.19. The zero-order valence-electron chi connectivity index (χ0n) is 3.36. The van der Waals surface area contributed by atoms with Crippen molar-refractivity contribution in [3.63, 3.8) is 0 Å². The molecule has 0 aromatic carbocycles. The molecule has 0 heterocycles. The van der Waals surface area contributed by atoms with Gasteiger partial charge < -0.3 is 5.73 Å². The molecule has 3 radical (unpaired) electrons. The van der Waals surface area contributed by atoms with Gasteiger partial charge in [-0.2, -0.15) is 0 Å². The van der Waals surface area contributed by atoms with Gasteiger partial charge in [0.2, 0.25) is 0 Å². The third-order valence-corrected chi connectivity index (χ3v) is 0.848. The lowest BCUT2D eigenvalue weighted by Gasteiger charge is -1.91. The number of hydrogen-bond acceptors (Lipinski definition) is 1. The van der Waals surface area contributed by atoms with Crippen LogP contribution in [0.2, 0.25) is 0 Å². The lowest BCUT2D eigenvalue weighted by atomic mass is 10.5. The molecular formula is C3H8NSi. The minimum absolute atomic E-state index is 0.190. The van der Waals surface area contributed by atoms with Crippen molar-refractivity contribution < 1.29 is 0 Å². The molecule has 0 aromatic heterocycles. The van der Waals surface area contributed by atoms with E-state index >= 15 is 0 Å². The Morgan fingerprint density at radius 3 is 2.20 bits per heavy atom. The summed E-state index contributed by atoms with van der Waals surface area (Å²) in [6, 6.07) is 0. The molecule has 0 aromatic rings. The van der Waals surface area contributed by atoms with Crippen LogP contribution < -0.4 is 5.73 Å². The van der Waals surface area contributed by atoms with Gasteiger partial charge in [-0.15, -0.1) is 0 Å². The highest BCUT2D eigenvalue weighted by atomic mass is 28.1. The van der Waals surface area contributed by atoms with Crippen molar-refractivity contribution in [2.45, 2.75) is 19.0 Å². The van der Waals surface area contributed by atoms with Crippen LogP contribution in [0.3, 0.4) is 0 Å². The van der Waals surface area contributed by atoms with E-state index in [1.165, 1.54) is 0 Å². The molecular weight excluding hydrogens is 78.1 g/mol. The van der Waals surface area contributed by atoms with Crippen LogP contribution in [0.15, 0.2) is 0 Å². The largest absolute Gasteiger partial charge is 0.331 e. The SMILES string of the molecule is CCC(N)[Si]. The first kappa shape index (κ1) is 5.18. The van der Waals surface area contributed by atoms with Gasteiger partial charge in [-0.3, -0.25) is 0 Å². The summed E-state index contributed by atoms with van der Waals surface area (Å²) in [4.78, 5) is 0. The smallest absolute Gasteiger partial charge is 0.0473 e. The van der Waals surface area contributed by atoms with Gasteiger partial charge in [-0.1, -0.05) is 6.92 Å². The van der Waals surface area contributed by atoms with Crippen molar-refractivity contribution >= 4 is 10.2 Å². The maximum absolute atomic E-state index is 5.21. The van der Waals surface area contributed by atoms with Gasteiger partial charge in [0.15, 0.2) is 0 Å². The number of hydrogen-bond donors (Lipinski definition) is 1. The van der Waals surface area contributed by atoms with E-state index in [0.29, 0.717) is 0 Å². The van der Waals surface area contributed by atoms with Crippen LogP contribution in [0.4, 0.5) is 0 Å². The summed E-state index contributed by atoms with van der Waals surface area (Å²) in [5.74, 6) is 0. The quantitative estimate of drug-likeness (QED) is 0.441. The molecule has 0 aliphatic heterocycles. The first-order valence-corrected chi connectivity index (χ1v) is 2.31. The van der Waals surface area contributed by atoms with Crippen LogP contribution in [0, 0.1) is 0 Å². The average Bonchev–Trinajstić information content (AvgIpc) is 1.38. The summed E-state index contributed by atoms with van der Waals surface area (Å²) in [5.41, 5.74) is 5.40. The summed E-state index contributed by atoms with van der Waals surface area (Å²) >= 11 is 0. The molecule has 0 aliphatic rings. The van der Waals surface area contributed by atoms with E-state index in [1.807, 2.05) is 6.92 Å².